The van der Waals surface area contributed by atoms with Gasteiger partial charge < -0.3 is 9.88 Å². The highest BCUT2D eigenvalue weighted by molar-refractivity contribution is 5.82. The molecular weight excluding hydrogens is 234 g/mol. The monoisotopic (exact) mass is 253 g/mol. The van der Waals surface area contributed by atoms with Crippen LogP contribution in [0, 0.1) is 11.3 Å². The van der Waals surface area contributed by atoms with Crippen LogP contribution in [0.25, 0.3) is 10.9 Å². The van der Waals surface area contributed by atoms with E-state index in [1.807, 2.05) is 18.2 Å². The molecule has 0 aliphatic carbocycles. The predicted octanol–water partition coefficient (Wildman–Crippen LogP) is 2.73. The van der Waals surface area contributed by atoms with Gasteiger partial charge in [-0.25, -0.2) is 0 Å². The molecule has 0 saturated carbocycles. The average molecular weight is 253 g/mol. The molecule has 3 rings (SSSR count). The highest BCUT2D eigenvalue weighted by Gasteiger charge is 2.15. The van der Waals surface area contributed by atoms with Crippen molar-refractivity contribution in [1.29, 1.82) is 5.26 Å². The van der Waals surface area contributed by atoms with E-state index >= 15 is 0 Å². The summed E-state index contributed by atoms with van der Waals surface area (Å²) in [4.78, 5) is 0. The summed E-state index contributed by atoms with van der Waals surface area (Å²) in [5.41, 5.74) is 3.25. The Bertz CT molecular complexity index is 627. The molecule has 98 valence electrons. The Hall–Kier alpha value is -1.79. The van der Waals surface area contributed by atoms with Crippen molar-refractivity contribution in [3.05, 3.63) is 35.5 Å². The quantitative estimate of drug-likeness (QED) is 0.913. The number of aryl methyl sites for hydroxylation is 2. The fourth-order valence-electron chi connectivity index (χ4n) is 3.02. The average Bonchev–Trinajstić information content (AvgIpc) is 3.05. The Morgan fingerprint density at radius 2 is 2.32 bits per heavy atom. The molecule has 19 heavy (non-hydrogen) atoms. The van der Waals surface area contributed by atoms with Crippen LogP contribution >= 0.6 is 0 Å². The molecule has 2 heterocycles. The lowest BCUT2D eigenvalue weighted by Crippen LogP contribution is -2.22. The SMILES string of the molecule is Cn1c(CC[C@@H]2CCCN2)cc2ccc(C#N)cc21. The van der Waals surface area contributed by atoms with E-state index in [0.29, 0.717) is 6.04 Å². The molecular formula is C16H19N3. The Morgan fingerprint density at radius 1 is 1.42 bits per heavy atom. The van der Waals surface area contributed by atoms with Gasteiger partial charge in [-0.05, 0) is 55.8 Å². The zero-order valence-electron chi connectivity index (χ0n) is 11.3. The highest BCUT2D eigenvalue weighted by Crippen LogP contribution is 2.22. The number of benzene rings is 1. The standard InChI is InChI=1S/C16H19N3/c1-19-15(7-6-14-3-2-8-18-14)10-13-5-4-12(11-17)9-16(13)19/h4-5,9-10,14,18H,2-3,6-8H2,1H3/t14-/m0/s1. The fraction of sp³-hybridized carbons (Fsp3) is 0.438. The van der Waals surface area contributed by atoms with E-state index in [9.17, 15) is 0 Å². The summed E-state index contributed by atoms with van der Waals surface area (Å²) in [6.07, 6.45) is 4.92. The molecule has 1 N–H and O–H groups in total. The molecule has 1 saturated heterocycles. The van der Waals surface area contributed by atoms with Crippen molar-refractivity contribution in [2.45, 2.75) is 31.7 Å². The lowest BCUT2D eigenvalue weighted by atomic mass is 10.1. The second-order valence-corrected chi connectivity index (χ2v) is 5.41. The van der Waals surface area contributed by atoms with Gasteiger partial charge in [0.1, 0.15) is 0 Å². The van der Waals surface area contributed by atoms with Crippen LogP contribution in [0.4, 0.5) is 0 Å². The molecule has 2 aromatic rings. The van der Waals surface area contributed by atoms with Crippen LogP contribution in [0.2, 0.25) is 0 Å². The second kappa shape index (κ2) is 5.07. The zero-order chi connectivity index (χ0) is 13.2. The Labute approximate surface area is 113 Å². The zero-order valence-corrected chi connectivity index (χ0v) is 11.3. The van der Waals surface area contributed by atoms with Gasteiger partial charge in [-0.2, -0.15) is 5.26 Å². The van der Waals surface area contributed by atoms with Crippen molar-refractivity contribution in [2.24, 2.45) is 7.05 Å². The minimum Gasteiger partial charge on any atom is -0.348 e. The summed E-state index contributed by atoms with van der Waals surface area (Å²) in [6, 6.07) is 11.1. The second-order valence-electron chi connectivity index (χ2n) is 5.41. The van der Waals surface area contributed by atoms with Crippen molar-refractivity contribution >= 4 is 10.9 Å². The minimum atomic E-state index is 0.688. The van der Waals surface area contributed by atoms with Gasteiger partial charge in [0, 0.05) is 24.3 Å². The first-order chi connectivity index (χ1) is 9.28. The van der Waals surface area contributed by atoms with Crippen LogP contribution in [-0.4, -0.2) is 17.2 Å². The van der Waals surface area contributed by atoms with E-state index in [2.05, 4.69) is 29.1 Å². The number of rotatable bonds is 3. The predicted molar refractivity (Wildman–Crippen MR) is 77.0 cm³/mol. The molecule has 3 nitrogen and oxygen atoms in total. The Morgan fingerprint density at radius 3 is 3.05 bits per heavy atom. The summed E-state index contributed by atoms with van der Waals surface area (Å²) in [7, 11) is 2.10. The van der Waals surface area contributed by atoms with Crippen molar-refractivity contribution in [3.8, 4) is 6.07 Å². The van der Waals surface area contributed by atoms with E-state index in [4.69, 9.17) is 5.26 Å². The minimum absolute atomic E-state index is 0.688. The maximum Gasteiger partial charge on any atom is 0.0992 e. The van der Waals surface area contributed by atoms with Crippen molar-refractivity contribution in [3.63, 3.8) is 0 Å². The van der Waals surface area contributed by atoms with E-state index in [-0.39, 0.29) is 0 Å². The van der Waals surface area contributed by atoms with Gasteiger partial charge in [-0.3, -0.25) is 0 Å². The highest BCUT2D eigenvalue weighted by atomic mass is 15.0. The Balaban J connectivity index is 1.83. The summed E-state index contributed by atoms with van der Waals surface area (Å²) in [5.74, 6) is 0. The van der Waals surface area contributed by atoms with Gasteiger partial charge in [0.15, 0.2) is 0 Å². The molecule has 0 radical (unpaired) electrons. The number of nitriles is 1. The molecule has 1 aromatic carbocycles. The maximum atomic E-state index is 8.97. The molecule has 1 aliphatic heterocycles. The van der Waals surface area contributed by atoms with Crippen LogP contribution in [-0.2, 0) is 13.5 Å². The molecule has 1 fully saturated rings. The first-order valence-corrected chi connectivity index (χ1v) is 7.00. The third kappa shape index (κ3) is 2.36. The molecule has 0 spiro atoms. The van der Waals surface area contributed by atoms with E-state index in [0.717, 1.165) is 17.5 Å². The van der Waals surface area contributed by atoms with Gasteiger partial charge in [-0.1, -0.05) is 6.07 Å². The van der Waals surface area contributed by atoms with Crippen LogP contribution in [0.1, 0.15) is 30.5 Å². The molecule has 3 heteroatoms. The van der Waals surface area contributed by atoms with Crippen LogP contribution in [0.3, 0.4) is 0 Å². The lowest BCUT2D eigenvalue weighted by Gasteiger charge is -2.10. The summed E-state index contributed by atoms with van der Waals surface area (Å²) < 4.78 is 2.23. The summed E-state index contributed by atoms with van der Waals surface area (Å²) >= 11 is 0. The largest absolute Gasteiger partial charge is 0.348 e. The fourth-order valence-corrected chi connectivity index (χ4v) is 3.02. The maximum absolute atomic E-state index is 8.97. The summed E-state index contributed by atoms with van der Waals surface area (Å²) in [5, 5.41) is 13.8. The van der Waals surface area contributed by atoms with E-state index < -0.39 is 0 Å². The number of fused-ring (bicyclic) bond motifs is 1. The molecule has 0 amide bonds. The first-order valence-electron chi connectivity index (χ1n) is 7.00. The number of hydrogen-bond acceptors (Lipinski definition) is 2. The topological polar surface area (TPSA) is 40.8 Å². The number of nitrogens with zero attached hydrogens (tertiary/aromatic N) is 2. The van der Waals surface area contributed by atoms with Gasteiger partial charge in [-0.15, -0.1) is 0 Å². The van der Waals surface area contributed by atoms with Gasteiger partial charge in [0.2, 0.25) is 0 Å². The van der Waals surface area contributed by atoms with Crippen molar-refractivity contribution < 1.29 is 0 Å². The summed E-state index contributed by atoms with van der Waals surface area (Å²) in [6.45, 7) is 1.17. The van der Waals surface area contributed by atoms with Crippen molar-refractivity contribution in [2.75, 3.05) is 6.54 Å². The number of nitrogens with one attached hydrogen (secondary N) is 1. The van der Waals surface area contributed by atoms with Crippen LogP contribution in [0.5, 0.6) is 0 Å². The van der Waals surface area contributed by atoms with Gasteiger partial charge in [0.25, 0.3) is 0 Å². The van der Waals surface area contributed by atoms with Crippen LogP contribution < -0.4 is 5.32 Å². The van der Waals surface area contributed by atoms with E-state index in [1.54, 1.807) is 0 Å². The molecule has 0 unspecified atom stereocenters. The number of hydrogen-bond donors (Lipinski definition) is 1. The van der Waals surface area contributed by atoms with Crippen LogP contribution in [0.15, 0.2) is 24.3 Å². The first kappa shape index (κ1) is 12.3. The normalized spacial score (nSPS) is 18.8. The van der Waals surface area contributed by atoms with Gasteiger partial charge in [0.05, 0.1) is 11.6 Å². The molecule has 1 aromatic heterocycles. The third-order valence-electron chi connectivity index (χ3n) is 4.19. The van der Waals surface area contributed by atoms with Crippen molar-refractivity contribution in [1.82, 2.24) is 9.88 Å². The van der Waals surface area contributed by atoms with Gasteiger partial charge >= 0.3 is 0 Å². The number of aromatic nitrogens is 1. The Kier molecular flexibility index (Phi) is 3.27. The molecule has 1 atom stereocenters. The third-order valence-corrected chi connectivity index (χ3v) is 4.19. The van der Waals surface area contributed by atoms with E-state index in [1.165, 1.54) is 36.9 Å². The lowest BCUT2D eigenvalue weighted by molar-refractivity contribution is 0.551. The molecule has 1 aliphatic rings. The molecule has 0 bridgehead atoms. The smallest absolute Gasteiger partial charge is 0.0992 e.